The molecule has 34 heavy (non-hydrogen) atoms. The number of benzene rings is 4. The highest BCUT2D eigenvalue weighted by Gasteiger charge is 2.21. The van der Waals surface area contributed by atoms with Crippen molar-refractivity contribution in [2.24, 2.45) is 0 Å². The van der Waals surface area contributed by atoms with E-state index in [1.165, 1.54) is 12.1 Å². The third-order valence-electron chi connectivity index (χ3n) is 4.82. The fourth-order valence-electron chi connectivity index (χ4n) is 3.11. The van der Waals surface area contributed by atoms with Crippen LogP contribution >= 0.6 is 0 Å². The molecule has 0 radical (unpaired) electrons. The minimum Gasteiger partial charge on any atom is -0.457 e. The number of carbonyl (C=O) groups is 1. The highest BCUT2D eigenvalue weighted by molar-refractivity contribution is 7.86. The first kappa shape index (κ1) is 22.8. The van der Waals surface area contributed by atoms with Crippen LogP contribution in [0.1, 0.15) is 15.9 Å². The first-order chi connectivity index (χ1) is 16.2. The molecule has 0 aliphatic rings. The molecule has 4 aromatic carbocycles. The second-order valence-corrected chi connectivity index (χ2v) is 8.72. The summed E-state index contributed by atoms with van der Waals surface area (Å²) in [5.74, 6) is 0.837. The normalized spacial score (nSPS) is 11.1. The van der Waals surface area contributed by atoms with Gasteiger partial charge in [0.15, 0.2) is 5.78 Å². The summed E-state index contributed by atoms with van der Waals surface area (Å²) in [5.41, 5.74) is 12.8. The molecule has 0 saturated carbocycles. The number of rotatable bonds is 7. The van der Waals surface area contributed by atoms with Crippen molar-refractivity contribution in [1.82, 2.24) is 0 Å². The van der Waals surface area contributed by atoms with Crippen molar-refractivity contribution in [2.75, 3.05) is 11.5 Å². The molecule has 0 aliphatic heterocycles. The number of anilines is 2. The third-order valence-corrected chi connectivity index (χ3v) is 5.70. The molecule has 0 aromatic heterocycles. The van der Waals surface area contributed by atoms with Crippen LogP contribution in [0.15, 0.2) is 95.9 Å². The van der Waals surface area contributed by atoms with Crippen molar-refractivity contribution in [1.29, 1.82) is 0 Å². The fourth-order valence-corrected chi connectivity index (χ4v) is 3.75. The molecule has 0 bridgehead atoms. The van der Waals surface area contributed by atoms with Crippen molar-refractivity contribution in [3.63, 3.8) is 0 Å². The molecule has 0 amide bonds. The molecule has 0 heterocycles. The maximum Gasteiger partial charge on any atom is 0.298 e. The fraction of sp³-hybridized carbons (Fsp3) is 0. The lowest BCUT2D eigenvalue weighted by molar-refractivity contribution is 0.103. The van der Waals surface area contributed by atoms with E-state index in [0.29, 0.717) is 34.2 Å². The van der Waals surface area contributed by atoms with Crippen LogP contribution in [0.3, 0.4) is 0 Å². The lowest BCUT2D eigenvalue weighted by Gasteiger charge is -2.11. The highest BCUT2D eigenvalue weighted by atomic mass is 32.2. The van der Waals surface area contributed by atoms with Crippen molar-refractivity contribution in [2.45, 2.75) is 4.90 Å². The van der Waals surface area contributed by atoms with E-state index in [9.17, 15) is 17.8 Å². The smallest absolute Gasteiger partial charge is 0.298 e. The van der Waals surface area contributed by atoms with Gasteiger partial charge in [0.25, 0.3) is 10.1 Å². The quantitative estimate of drug-likeness (QED) is 0.194. The van der Waals surface area contributed by atoms with E-state index in [1.54, 1.807) is 72.8 Å². The SMILES string of the molecule is Nc1ccc(Oc2ccc(C(=O)c3ccc(Oc4ccc(N)cc4)c(S(=O)(=O)O)c3)cc2)cc1. The number of ketones is 1. The molecule has 0 aliphatic carbocycles. The Morgan fingerprint density at radius 2 is 1.09 bits per heavy atom. The predicted octanol–water partition coefficient (Wildman–Crippen LogP) is 4.91. The number of carbonyl (C=O) groups excluding carboxylic acids is 1. The van der Waals surface area contributed by atoms with Crippen LogP contribution in [0, 0.1) is 0 Å². The van der Waals surface area contributed by atoms with Crippen molar-refractivity contribution in [3.8, 4) is 23.0 Å². The van der Waals surface area contributed by atoms with E-state index in [4.69, 9.17) is 20.9 Å². The van der Waals surface area contributed by atoms with Gasteiger partial charge >= 0.3 is 0 Å². The Balaban J connectivity index is 1.57. The van der Waals surface area contributed by atoms with Crippen LogP contribution in [-0.4, -0.2) is 18.8 Å². The number of hydrogen-bond donors (Lipinski definition) is 3. The molecule has 4 rings (SSSR count). The zero-order chi connectivity index (χ0) is 24.3. The van der Waals surface area contributed by atoms with E-state index in [2.05, 4.69) is 0 Å². The zero-order valence-corrected chi connectivity index (χ0v) is 18.5. The second kappa shape index (κ2) is 9.26. The topological polar surface area (TPSA) is 142 Å². The molecular formula is C25H20N2O6S. The van der Waals surface area contributed by atoms with Crippen LogP contribution in [0.5, 0.6) is 23.0 Å². The molecule has 172 valence electrons. The molecule has 5 N–H and O–H groups in total. The number of nitrogen functional groups attached to an aromatic ring is 2. The van der Waals surface area contributed by atoms with E-state index in [-0.39, 0.29) is 11.3 Å². The van der Waals surface area contributed by atoms with Gasteiger partial charge in [-0.1, -0.05) is 0 Å². The van der Waals surface area contributed by atoms with Crippen molar-refractivity contribution in [3.05, 3.63) is 102 Å². The maximum atomic E-state index is 13.0. The van der Waals surface area contributed by atoms with Crippen molar-refractivity contribution >= 4 is 27.3 Å². The van der Waals surface area contributed by atoms with Crippen LogP contribution < -0.4 is 20.9 Å². The minimum atomic E-state index is -4.68. The lowest BCUT2D eigenvalue weighted by atomic mass is 10.0. The van der Waals surface area contributed by atoms with Gasteiger partial charge in [-0.15, -0.1) is 0 Å². The lowest BCUT2D eigenvalue weighted by Crippen LogP contribution is -2.06. The summed E-state index contributed by atoms with van der Waals surface area (Å²) in [5, 5.41) is 0. The Morgan fingerprint density at radius 1 is 0.647 bits per heavy atom. The van der Waals surface area contributed by atoms with Gasteiger partial charge in [0.2, 0.25) is 0 Å². The van der Waals surface area contributed by atoms with E-state index in [1.807, 2.05) is 0 Å². The van der Waals surface area contributed by atoms with E-state index in [0.717, 1.165) is 6.07 Å². The molecule has 9 heteroatoms. The number of nitrogens with two attached hydrogens (primary N) is 2. The molecule has 4 aromatic rings. The van der Waals surface area contributed by atoms with Gasteiger partial charge in [-0.25, -0.2) is 0 Å². The summed E-state index contributed by atoms with van der Waals surface area (Å²) in [6.45, 7) is 0. The minimum absolute atomic E-state index is 0.0597. The number of ether oxygens (including phenoxy) is 2. The van der Waals surface area contributed by atoms with E-state index < -0.39 is 20.8 Å². The first-order valence-corrected chi connectivity index (χ1v) is 11.5. The van der Waals surface area contributed by atoms with Crippen LogP contribution in [0.2, 0.25) is 0 Å². The Morgan fingerprint density at radius 3 is 1.59 bits per heavy atom. The summed E-state index contributed by atoms with van der Waals surface area (Å²) in [4.78, 5) is 12.4. The Bertz CT molecular complexity index is 1430. The zero-order valence-electron chi connectivity index (χ0n) is 17.7. The Labute approximate surface area is 196 Å². The first-order valence-electron chi connectivity index (χ1n) is 10.0. The summed E-state index contributed by atoms with van der Waals surface area (Å²) in [6, 6.07) is 23.3. The molecule has 8 nitrogen and oxygen atoms in total. The molecular weight excluding hydrogens is 456 g/mol. The average Bonchev–Trinajstić information content (AvgIpc) is 2.82. The number of hydrogen-bond acceptors (Lipinski definition) is 7. The van der Waals surface area contributed by atoms with Gasteiger partial charge in [-0.05, 0) is 91.0 Å². The van der Waals surface area contributed by atoms with Gasteiger partial charge in [0.1, 0.15) is 27.9 Å². The molecule has 0 saturated heterocycles. The summed E-state index contributed by atoms with van der Waals surface area (Å²) >= 11 is 0. The van der Waals surface area contributed by atoms with Gasteiger partial charge < -0.3 is 20.9 Å². The third kappa shape index (κ3) is 5.34. The second-order valence-electron chi connectivity index (χ2n) is 7.33. The molecule has 0 unspecified atom stereocenters. The van der Waals surface area contributed by atoms with Crippen LogP contribution in [0.4, 0.5) is 11.4 Å². The Kier molecular flexibility index (Phi) is 6.22. The highest BCUT2D eigenvalue weighted by Crippen LogP contribution is 2.31. The summed E-state index contributed by atoms with van der Waals surface area (Å²) < 4.78 is 44.9. The van der Waals surface area contributed by atoms with Crippen LogP contribution in [0.25, 0.3) is 0 Å². The standard InChI is InChI=1S/C25H20N2O6S/c26-18-4-10-21(11-5-18)32-20-8-1-16(2-9-20)25(28)17-3-14-23(24(15-17)34(29,30)31)33-22-12-6-19(27)7-13-22/h1-15H,26-27H2,(H,29,30,31). The molecule has 0 fully saturated rings. The van der Waals surface area contributed by atoms with Gasteiger partial charge in [0.05, 0.1) is 0 Å². The Hall–Kier alpha value is -4.34. The maximum absolute atomic E-state index is 13.0. The van der Waals surface area contributed by atoms with Gasteiger partial charge in [-0.2, -0.15) is 8.42 Å². The summed E-state index contributed by atoms with van der Waals surface area (Å²) in [6.07, 6.45) is 0. The van der Waals surface area contributed by atoms with E-state index >= 15 is 0 Å². The van der Waals surface area contributed by atoms with Gasteiger partial charge in [-0.3, -0.25) is 9.35 Å². The molecule has 0 spiro atoms. The molecule has 0 atom stereocenters. The van der Waals surface area contributed by atoms with Crippen LogP contribution in [-0.2, 0) is 10.1 Å². The van der Waals surface area contributed by atoms with Crippen molar-refractivity contribution < 1.29 is 27.2 Å². The largest absolute Gasteiger partial charge is 0.457 e. The van der Waals surface area contributed by atoms with Gasteiger partial charge in [0, 0.05) is 22.5 Å². The predicted molar refractivity (Wildman–Crippen MR) is 128 cm³/mol. The summed E-state index contributed by atoms with van der Waals surface area (Å²) in [7, 11) is -4.68. The average molecular weight is 477 g/mol. The monoisotopic (exact) mass is 476 g/mol.